The molecule has 0 heterocycles. The van der Waals surface area contributed by atoms with Crippen LogP contribution in [0.1, 0.15) is 54.4 Å². The zero-order valence-electron chi connectivity index (χ0n) is 19.1. The molecule has 7 heteroatoms. The number of anilines is 1. The van der Waals surface area contributed by atoms with Crippen LogP contribution in [-0.2, 0) is 16.6 Å². The molecular weight excluding hydrogens is 446 g/mol. The fraction of sp³-hybridized carbons (Fsp3) is 0.259. The number of benzene rings is 3. The maximum absolute atomic E-state index is 13.7. The van der Waals surface area contributed by atoms with Gasteiger partial charge < -0.3 is 0 Å². The van der Waals surface area contributed by atoms with Crippen molar-refractivity contribution in [2.75, 3.05) is 4.31 Å². The molecule has 1 N–H and O–H groups in total. The van der Waals surface area contributed by atoms with Crippen molar-refractivity contribution in [2.24, 2.45) is 5.10 Å². The van der Waals surface area contributed by atoms with E-state index in [1.54, 1.807) is 54.6 Å². The minimum atomic E-state index is -3.93. The molecule has 1 aliphatic carbocycles. The second kappa shape index (κ2) is 11.1. The van der Waals surface area contributed by atoms with E-state index in [0.29, 0.717) is 5.69 Å². The summed E-state index contributed by atoms with van der Waals surface area (Å²) in [5.74, 6) is -0.423. The van der Waals surface area contributed by atoms with Crippen molar-refractivity contribution in [1.82, 2.24) is 5.43 Å². The molecule has 3 aromatic rings. The van der Waals surface area contributed by atoms with Crippen molar-refractivity contribution in [3.05, 3.63) is 96.1 Å². The van der Waals surface area contributed by atoms with Gasteiger partial charge in [-0.3, -0.25) is 9.10 Å². The average Bonchev–Trinajstić information content (AvgIpc) is 3.16. The van der Waals surface area contributed by atoms with E-state index in [1.807, 2.05) is 30.3 Å². The second-order valence-electron chi connectivity index (χ2n) is 8.36. The summed E-state index contributed by atoms with van der Waals surface area (Å²) >= 11 is 0. The lowest BCUT2D eigenvalue weighted by molar-refractivity contribution is 0.0955. The van der Waals surface area contributed by atoms with E-state index < -0.39 is 15.9 Å². The van der Waals surface area contributed by atoms with Crippen molar-refractivity contribution in [3.8, 4) is 0 Å². The predicted molar refractivity (Wildman–Crippen MR) is 135 cm³/mol. The number of hydrogen-bond acceptors (Lipinski definition) is 4. The number of hydrogen-bond donors (Lipinski definition) is 1. The zero-order chi connectivity index (χ0) is 23.8. The summed E-state index contributed by atoms with van der Waals surface area (Å²) in [5, 5.41) is 4.37. The van der Waals surface area contributed by atoms with E-state index in [9.17, 15) is 13.2 Å². The lowest BCUT2D eigenvalue weighted by Crippen LogP contribution is -2.33. The normalized spacial score (nSPS) is 14.2. The van der Waals surface area contributed by atoms with Gasteiger partial charge in [-0.15, -0.1) is 0 Å². The topological polar surface area (TPSA) is 78.8 Å². The van der Waals surface area contributed by atoms with Crippen LogP contribution < -0.4 is 9.73 Å². The lowest BCUT2D eigenvalue weighted by atomic mass is 10.1. The Hall–Kier alpha value is -3.45. The lowest BCUT2D eigenvalue weighted by Gasteiger charge is -2.26. The van der Waals surface area contributed by atoms with E-state index in [2.05, 4.69) is 10.5 Å². The Balaban J connectivity index is 1.70. The van der Waals surface area contributed by atoms with Crippen LogP contribution in [0.15, 0.2) is 94.9 Å². The first-order valence-corrected chi connectivity index (χ1v) is 13.1. The summed E-state index contributed by atoms with van der Waals surface area (Å²) in [7, 11) is -3.93. The van der Waals surface area contributed by atoms with Crippen LogP contribution >= 0.6 is 0 Å². The molecule has 1 fully saturated rings. The molecule has 34 heavy (non-hydrogen) atoms. The van der Waals surface area contributed by atoms with Gasteiger partial charge in [0, 0.05) is 5.71 Å². The summed E-state index contributed by atoms with van der Waals surface area (Å²) in [6.07, 6.45) is 6.27. The van der Waals surface area contributed by atoms with Crippen LogP contribution in [0.2, 0.25) is 0 Å². The van der Waals surface area contributed by atoms with Crippen LogP contribution in [0.5, 0.6) is 0 Å². The number of carbonyl (C=O) groups excluding carboxylic acids is 1. The monoisotopic (exact) mass is 475 g/mol. The van der Waals surface area contributed by atoms with Crippen molar-refractivity contribution < 1.29 is 13.2 Å². The van der Waals surface area contributed by atoms with Crippen molar-refractivity contribution in [3.63, 3.8) is 0 Å². The molecule has 0 bridgehead atoms. The van der Waals surface area contributed by atoms with Gasteiger partial charge in [-0.25, -0.2) is 13.8 Å². The van der Waals surface area contributed by atoms with E-state index in [1.165, 1.54) is 17.1 Å². The van der Waals surface area contributed by atoms with Crippen LogP contribution in [0.3, 0.4) is 0 Å². The summed E-state index contributed by atoms with van der Waals surface area (Å²) < 4.78 is 28.7. The molecule has 6 nitrogen and oxygen atoms in total. The third-order valence-electron chi connectivity index (χ3n) is 5.91. The number of rotatable bonds is 7. The highest BCUT2D eigenvalue weighted by Gasteiger charge is 2.28. The summed E-state index contributed by atoms with van der Waals surface area (Å²) in [5.41, 5.74) is 5.05. The Bertz CT molecular complexity index is 1230. The Morgan fingerprint density at radius 1 is 0.794 bits per heavy atom. The molecule has 0 saturated heterocycles. The minimum absolute atomic E-state index is 0.0941. The molecule has 1 saturated carbocycles. The number of para-hydroxylation sites is 1. The number of carbonyl (C=O) groups is 1. The number of nitrogens with one attached hydrogen (secondary N) is 1. The molecule has 0 spiro atoms. The maximum Gasteiger partial charge on any atom is 0.273 e. The van der Waals surface area contributed by atoms with Gasteiger partial charge in [0.1, 0.15) is 0 Å². The van der Waals surface area contributed by atoms with E-state index in [0.717, 1.165) is 37.0 Å². The Morgan fingerprint density at radius 3 is 2.06 bits per heavy atom. The average molecular weight is 476 g/mol. The first-order chi connectivity index (χ1) is 16.6. The summed E-state index contributed by atoms with van der Waals surface area (Å²) in [4.78, 5) is 13.3. The molecule has 3 aromatic carbocycles. The fourth-order valence-electron chi connectivity index (χ4n) is 4.09. The van der Waals surface area contributed by atoms with E-state index in [4.69, 9.17) is 0 Å². The van der Waals surface area contributed by atoms with Gasteiger partial charge in [0.15, 0.2) is 0 Å². The Labute approximate surface area is 201 Å². The van der Waals surface area contributed by atoms with Crippen LogP contribution in [0.25, 0.3) is 0 Å². The highest BCUT2D eigenvalue weighted by Crippen LogP contribution is 2.29. The molecule has 1 amide bonds. The molecule has 176 valence electrons. The van der Waals surface area contributed by atoms with Gasteiger partial charge in [-0.1, -0.05) is 73.5 Å². The third kappa shape index (κ3) is 5.72. The molecule has 0 atom stereocenters. The van der Waals surface area contributed by atoms with Gasteiger partial charge in [-0.05, 0) is 55.5 Å². The highest BCUT2D eigenvalue weighted by molar-refractivity contribution is 7.92. The van der Waals surface area contributed by atoms with Gasteiger partial charge in [-0.2, -0.15) is 5.10 Å². The standard InChI is InChI=1S/C27H29N3O3S/c31-27(29-28-23-15-7-1-2-8-16-23)25-19-11-12-20-26(25)30(21-22-13-5-3-6-14-22)34(32,33)24-17-9-4-10-18-24/h3-6,9-14,17-20H,1-2,7-8,15-16,21H2,(H,29,31). The summed E-state index contributed by atoms with van der Waals surface area (Å²) in [6, 6.07) is 24.4. The first-order valence-electron chi connectivity index (χ1n) is 11.6. The molecular formula is C27H29N3O3S. The molecule has 0 unspecified atom stereocenters. The van der Waals surface area contributed by atoms with Gasteiger partial charge in [0.25, 0.3) is 15.9 Å². The van der Waals surface area contributed by atoms with Gasteiger partial charge in [0.05, 0.1) is 22.7 Å². The number of hydrazone groups is 1. The smallest absolute Gasteiger partial charge is 0.267 e. The molecule has 0 aliphatic heterocycles. The molecule has 1 aliphatic rings. The predicted octanol–water partition coefficient (Wildman–Crippen LogP) is 5.52. The van der Waals surface area contributed by atoms with Gasteiger partial charge >= 0.3 is 0 Å². The molecule has 0 aromatic heterocycles. The third-order valence-corrected chi connectivity index (χ3v) is 7.69. The van der Waals surface area contributed by atoms with Crippen molar-refractivity contribution >= 4 is 27.3 Å². The number of nitrogens with zero attached hydrogens (tertiary/aromatic N) is 2. The van der Waals surface area contributed by atoms with Crippen molar-refractivity contribution in [2.45, 2.75) is 50.0 Å². The van der Waals surface area contributed by atoms with Gasteiger partial charge in [0.2, 0.25) is 0 Å². The minimum Gasteiger partial charge on any atom is -0.267 e. The number of amides is 1. The first kappa shape index (κ1) is 23.7. The maximum atomic E-state index is 13.7. The molecule has 0 radical (unpaired) electrons. The Kier molecular flexibility index (Phi) is 7.75. The van der Waals surface area contributed by atoms with Crippen LogP contribution in [0.4, 0.5) is 5.69 Å². The summed E-state index contributed by atoms with van der Waals surface area (Å²) in [6.45, 7) is 0.0941. The second-order valence-corrected chi connectivity index (χ2v) is 10.2. The van der Waals surface area contributed by atoms with Crippen LogP contribution in [-0.4, -0.2) is 20.0 Å². The zero-order valence-corrected chi connectivity index (χ0v) is 19.9. The SMILES string of the molecule is O=C(NN=C1CCCCCC1)c1ccccc1N(Cc1ccccc1)S(=O)(=O)c1ccccc1. The number of sulfonamides is 1. The highest BCUT2D eigenvalue weighted by atomic mass is 32.2. The Morgan fingerprint density at radius 2 is 1.38 bits per heavy atom. The largest absolute Gasteiger partial charge is 0.273 e. The van der Waals surface area contributed by atoms with E-state index in [-0.39, 0.29) is 17.0 Å². The van der Waals surface area contributed by atoms with E-state index >= 15 is 0 Å². The van der Waals surface area contributed by atoms with Crippen molar-refractivity contribution in [1.29, 1.82) is 0 Å². The fourth-order valence-corrected chi connectivity index (χ4v) is 5.58. The molecule has 4 rings (SSSR count). The van der Waals surface area contributed by atoms with Crippen LogP contribution in [0, 0.1) is 0 Å². The quantitative estimate of drug-likeness (QED) is 0.361.